The fraction of sp³-hybridized carbons (Fsp3) is 0.714. The highest BCUT2D eigenvalue weighted by Gasteiger charge is 2.25. The first kappa shape index (κ1) is 23.2. The molecule has 0 spiro atoms. The quantitative estimate of drug-likeness (QED) is 0.297. The lowest BCUT2D eigenvalue weighted by Gasteiger charge is -2.29. The van der Waals surface area contributed by atoms with E-state index in [0.717, 1.165) is 63.4 Å². The first-order valence-corrected chi connectivity index (χ1v) is 10.3. The first-order valence-electron chi connectivity index (χ1n) is 10.3. The Kier molecular flexibility index (Phi) is 10.8. The average Bonchev–Trinajstić information content (AvgIpc) is 2.66. The van der Waals surface area contributed by atoms with E-state index in [9.17, 15) is 9.90 Å². The van der Waals surface area contributed by atoms with Crippen LogP contribution in [-0.4, -0.2) is 41.9 Å². The highest BCUT2D eigenvalue weighted by atomic mass is 16.3. The Morgan fingerprint density at radius 2 is 1.93 bits per heavy atom. The fourth-order valence-corrected chi connectivity index (χ4v) is 3.24. The van der Waals surface area contributed by atoms with E-state index in [0.29, 0.717) is 6.54 Å². The van der Waals surface area contributed by atoms with Crippen molar-refractivity contribution in [1.82, 2.24) is 15.2 Å². The summed E-state index contributed by atoms with van der Waals surface area (Å²) in [6, 6.07) is 5.38. The van der Waals surface area contributed by atoms with Gasteiger partial charge in [0.2, 0.25) is 0 Å². The van der Waals surface area contributed by atoms with Crippen LogP contribution < -0.4 is 16.2 Å². The van der Waals surface area contributed by atoms with Gasteiger partial charge in [-0.2, -0.15) is 0 Å². The molecule has 6 heteroatoms. The summed E-state index contributed by atoms with van der Waals surface area (Å²) < 4.78 is 1.82. The second-order valence-electron chi connectivity index (χ2n) is 7.17. The first-order chi connectivity index (χ1) is 13.0. The lowest BCUT2D eigenvalue weighted by atomic mass is 9.79. The number of aliphatic hydroxyl groups is 1. The SMILES string of the molecule is CCNC(=NCC(CC)(CC)CCO)NCCCCn1c(C)cccc1=O. The maximum atomic E-state index is 11.9. The van der Waals surface area contributed by atoms with E-state index < -0.39 is 0 Å². The van der Waals surface area contributed by atoms with E-state index in [2.05, 4.69) is 31.4 Å². The van der Waals surface area contributed by atoms with Crippen LogP contribution in [0, 0.1) is 12.3 Å². The number of rotatable bonds is 12. The molecule has 0 aliphatic rings. The van der Waals surface area contributed by atoms with Crippen LogP contribution in [0.15, 0.2) is 28.0 Å². The Morgan fingerprint density at radius 1 is 1.19 bits per heavy atom. The van der Waals surface area contributed by atoms with Gasteiger partial charge in [0.05, 0.1) is 0 Å². The van der Waals surface area contributed by atoms with Crippen molar-refractivity contribution in [2.24, 2.45) is 10.4 Å². The number of aliphatic hydroxyl groups excluding tert-OH is 1. The van der Waals surface area contributed by atoms with Gasteiger partial charge in [-0.25, -0.2) is 0 Å². The van der Waals surface area contributed by atoms with Crippen LogP contribution in [0.4, 0.5) is 0 Å². The second kappa shape index (κ2) is 12.5. The molecule has 0 atom stereocenters. The van der Waals surface area contributed by atoms with Crippen LogP contribution in [0.5, 0.6) is 0 Å². The smallest absolute Gasteiger partial charge is 0.250 e. The van der Waals surface area contributed by atoms with Gasteiger partial charge in [0, 0.05) is 44.5 Å². The number of hydrogen-bond acceptors (Lipinski definition) is 3. The molecule has 0 amide bonds. The summed E-state index contributed by atoms with van der Waals surface area (Å²) in [7, 11) is 0. The zero-order valence-electron chi connectivity index (χ0n) is 17.6. The van der Waals surface area contributed by atoms with Crippen molar-refractivity contribution in [2.75, 3.05) is 26.2 Å². The molecule has 0 aromatic carbocycles. The number of nitrogens with one attached hydrogen (secondary N) is 2. The molecule has 6 nitrogen and oxygen atoms in total. The van der Waals surface area contributed by atoms with E-state index >= 15 is 0 Å². The Balaban J connectivity index is 2.51. The van der Waals surface area contributed by atoms with Crippen LogP contribution in [0.2, 0.25) is 0 Å². The number of aliphatic imine (C=N–C) groups is 1. The van der Waals surface area contributed by atoms with Gasteiger partial charge in [-0.1, -0.05) is 19.9 Å². The predicted octanol–water partition coefficient (Wildman–Crippen LogP) is 2.68. The zero-order chi connectivity index (χ0) is 20.1. The molecule has 3 N–H and O–H groups in total. The van der Waals surface area contributed by atoms with Gasteiger partial charge in [-0.05, 0) is 57.4 Å². The largest absolute Gasteiger partial charge is 0.396 e. The number of nitrogens with zero attached hydrogens (tertiary/aromatic N) is 2. The van der Waals surface area contributed by atoms with Gasteiger partial charge in [-0.3, -0.25) is 9.79 Å². The summed E-state index contributed by atoms with van der Waals surface area (Å²) >= 11 is 0. The van der Waals surface area contributed by atoms with Gasteiger partial charge in [-0.15, -0.1) is 0 Å². The number of hydrogen-bond donors (Lipinski definition) is 3. The third-order valence-corrected chi connectivity index (χ3v) is 5.43. The summed E-state index contributed by atoms with van der Waals surface area (Å²) in [5.41, 5.74) is 1.14. The van der Waals surface area contributed by atoms with Crippen molar-refractivity contribution in [3.63, 3.8) is 0 Å². The molecule has 1 rings (SSSR count). The molecule has 0 saturated heterocycles. The molecule has 1 aromatic heterocycles. The van der Waals surface area contributed by atoms with Gasteiger partial charge >= 0.3 is 0 Å². The predicted molar refractivity (Wildman–Crippen MR) is 113 cm³/mol. The van der Waals surface area contributed by atoms with Crippen LogP contribution in [-0.2, 0) is 6.54 Å². The van der Waals surface area contributed by atoms with Crippen molar-refractivity contribution >= 4 is 5.96 Å². The summed E-state index contributed by atoms with van der Waals surface area (Å²) in [5.74, 6) is 0.828. The third kappa shape index (κ3) is 7.75. The third-order valence-electron chi connectivity index (χ3n) is 5.43. The van der Waals surface area contributed by atoms with Gasteiger partial charge in [0.15, 0.2) is 5.96 Å². The molecular formula is C21H38N4O2. The van der Waals surface area contributed by atoms with Gasteiger partial charge in [0.25, 0.3) is 5.56 Å². The van der Waals surface area contributed by atoms with Crippen molar-refractivity contribution in [1.29, 1.82) is 0 Å². The number of aromatic nitrogens is 1. The number of unbranched alkanes of at least 4 members (excludes halogenated alkanes) is 1. The van der Waals surface area contributed by atoms with E-state index in [1.165, 1.54) is 0 Å². The molecule has 0 saturated carbocycles. The minimum Gasteiger partial charge on any atom is -0.396 e. The van der Waals surface area contributed by atoms with E-state index in [1.54, 1.807) is 12.1 Å². The van der Waals surface area contributed by atoms with E-state index in [1.807, 2.05) is 17.6 Å². The Bertz CT molecular complexity index is 621. The normalized spacial score (nSPS) is 12.3. The molecule has 0 bridgehead atoms. The summed E-state index contributed by atoms with van der Waals surface area (Å²) in [6.45, 7) is 11.7. The molecule has 1 aromatic rings. The summed E-state index contributed by atoms with van der Waals surface area (Å²) in [6.07, 6.45) is 4.72. The van der Waals surface area contributed by atoms with Crippen LogP contribution in [0.1, 0.15) is 58.6 Å². The van der Waals surface area contributed by atoms with Crippen molar-refractivity contribution in [3.05, 3.63) is 34.2 Å². The van der Waals surface area contributed by atoms with Crippen molar-refractivity contribution in [3.8, 4) is 0 Å². The number of guanidine groups is 1. The standard InChI is InChI=1S/C21H38N4O2/c1-5-21(6-2,13-16-26)17-24-20(22-7-3)23-14-8-9-15-25-18(4)11-10-12-19(25)27/h10-12,26H,5-9,13-17H2,1-4H3,(H2,22,23,24). The van der Waals surface area contributed by atoms with Gasteiger partial charge in [0.1, 0.15) is 0 Å². The Labute approximate surface area is 164 Å². The number of pyridine rings is 1. The lowest BCUT2D eigenvalue weighted by molar-refractivity contribution is 0.175. The Hall–Kier alpha value is -1.82. The lowest BCUT2D eigenvalue weighted by Crippen LogP contribution is -2.39. The molecule has 27 heavy (non-hydrogen) atoms. The molecule has 0 aliphatic heterocycles. The van der Waals surface area contributed by atoms with Crippen molar-refractivity contribution < 1.29 is 5.11 Å². The summed E-state index contributed by atoms with van der Waals surface area (Å²) in [5, 5.41) is 16.0. The molecule has 0 aliphatic carbocycles. The average molecular weight is 379 g/mol. The zero-order valence-corrected chi connectivity index (χ0v) is 17.6. The molecule has 0 fully saturated rings. The van der Waals surface area contributed by atoms with E-state index in [-0.39, 0.29) is 17.6 Å². The highest BCUT2D eigenvalue weighted by Crippen LogP contribution is 2.30. The fourth-order valence-electron chi connectivity index (χ4n) is 3.24. The minimum absolute atomic E-state index is 0.0669. The molecular weight excluding hydrogens is 340 g/mol. The van der Waals surface area contributed by atoms with Crippen LogP contribution in [0.25, 0.3) is 0 Å². The maximum Gasteiger partial charge on any atom is 0.250 e. The number of aryl methyl sites for hydroxylation is 1. The topological polar surface area (TPSA) is 78.7 Å². The van der Waals surface area contributed by atoms with Crippen molar-refractivity contribution in [2.45, 2.75) is 66.3 Å². The minimum atomic E-state index is 0.0669. The maximum absolute atomic E-state index is 11.9. The van der Waals surface area contributed by atoms with Crippen LogP contribution >= 0.6 is 0 Å². The van der Waals surface area contributed by atoms with Crippen LogP contribution in [0.3, 0.4) is 0 Å². The molecule has 0 radical (unpaired) electrons. The van der Waals surface area contributed by atoms with Gasteiger partial charge < -0.3 is 20.3 Å². The molecule has 154 valence electrons. The molecule has 0 unspecified atom stereocenters. The monoisotopic (exact) mass is 378 g/mol. The highest BCUT2D eigenvalue weighted by molar-refractivity contribution is 5.79. The summed E-state index contributed by atoms with van der Waals surface area (Å²) in [4.78, 5) is 16.6. The second-order valence-corrected chi connectivity index (χ2v) is 7.17. The van der Waals surface area contributed by atoms with E-state index in [4.69, 9.17) is 4.99 Å². The Morgan fingerprint density at radius 3 is 2.52 bits per heavy atom. The molecule has 1 heterocycles.